The van der Waals surface area contributed by atoms with E-state index in [1.54, 1.807) is 32.0 Å². The number of sulfone groups is 1. The second-order valence-corrected chi connectivity index (χ2v) is 6.06. The summed E-state index contributed by atoms with van der Waals surface area (Å²) in [6, 6.07) is 6.94. The Morgan fingerprint density at radius 3 is 2.40 bits per heavy atom. The van der Waals surface area contributed by atoms with Crippen LogP contribution in [0.5, 0.6) is 0 Å². The van der Waals surface area contributed by atoms with E-state index < -0.39 is 15.4 Å². The first-order valence-electron chi connectivity index (χ1n) is 4.68. The van der Waals surface area contributed by atoms with Gasteiger partial charge in [-0.3, -0.25) is 0 Å². The summed E-state index contributed by atoms with van der Waals surface area (Å²) >= 11 is 0. The molecular formula is C11H13NO2S. The number of benzene rings is 1. The molecule has 4 heteroatoms. The van der Waals surface area contributed by atoms with Gasteiger partial charge < -0.3 is 5.73 Å². The fourth-order valence-corrected chi connectivity index (χ4v) is 3.34. The molecule has 0 aliphatic carbocycles. The van der Waals surface area contributed by atoms with Gasteiger partial charge in [0.2, 0.25) is 9.84 Å². The molecule has 0 saturated heterocycles. The molecule has 1 aromatic rings. The van der Waals surface area contributed by atoms with E-state index in [0.717, 1.165) is 5.56 Å². The molecule has 1 aliphatic heterocycles. The Morgan fingerprint density at radius 2 is 1.80 bits per heavy atom. The van der Waals surface area contributed by atoms with Crippen LogP contribution in [0.2, 0.25) is 0 Å². The van der Waals surface area contributed by atoms with Crippen LogP contribution >= 0.6 is 0 Å². The van der Waals surface area contributed by atoms with E-state index >= 15 is 0 Å². The Balaban J connectivity index is 2.75. The molecule has 0 bridgehead atoms. The highest BCUT2D eigenvalue weighted by molar-refractivity contribution is 7.95. The summed E-state index contributed by atoms with van der Waals surface area (Å²) in [5, 5.41) is 1.28. The first-order chi connectivity index (χ1) is 6.82. The van der Waals surface area contributed by atoms with Crippen molar-refractivity contribution in [2.24, 2.45) is 5.73 Å². The fraction of sp³-hybridized carbons (Fsp3) is 0.273. The van der Waals surface area contributed by atoms with Crippen molar-refractivity contribution < 1.29 is 8.42 Å². The van der Waals surface area contributed by atoms with Gasteiger partial charge in [0, 0.05) is 10.9 Å². The lowest BCUT2D eigenvalue weighted by molar-refractivity contribution is 0.605. The van der Waals surface area contributed by atoms with Crippen LogP contribution in [0.3, 0.4) is 0 Å². The van der Waals surface area contributed by atoms with Gasteiger partial charge in [-0.25, -0.2) is 8.42 Å². The number of fused-ring (bicyclic) bond motifs is 1. The molecule has 0 fully saturated rings. The van der Waals surface area contributed by atoms with Crippen molar-refractivity contribution in [3.05, 3.63) is 35.2 Å². The van der Waals surface area contributed by atoms with Gasteiger partial charge in [-0.15, -0.1) is 0 Å². The third-order valence-corrected chi connectivity index (χ3v) is 3.97. The lowest BCUT2D eigenvalue weighted by Gasteiger charge is -2.20. The average molecular weight is 223 g/mol. The van der Waals surface area contributed by atoms with Gasteiger partial charge in [0.25, 0.3) is 0 Å². The molecular weight excluding hydrogens is 210 g/mol. The summed E-state index contributed by atoms with van der Waals surface area (Å²) in [5.74, 6) is 0. The highest BCUT2D eigenvalue weighted by atomic mass is 32.2. The summed E-state index contributed by atoms with van der Waals surface area (Å²) in [7, 11) is -3.28. The predicted octanol–water partition coefficient (Wildman–Crippen LogP) is 1.55. The highest BCUT2D eigenvalue weighted by Gasteiger charge is 2.32. The highest BCUT2D eigenvalue weighted by Crippen LogP contribution is 2.37. The van der Waals surface area contributed by atoms with Crippen molar-refractivity contribution in [2.45, 2.75) is 24.3 Å². The van der Waals surface area contributed by atoms with E-state index in [2.05, 4.69) is 0 Å². The van der Waals surface area contributed by atoms with Crippen LogP contribution < -0.4 is 5.73 Å². The maximum Gasteiger partial charge on any atom is 0.200 e. The Hall–Kier alpha value is -1.13. The van der Waals surface area contributed by atoms with E-state index in [1.165, 1.54) is 5.41 Å². The normalized spacial score (nSPS) is 18.5. The molecule has 1 heterocycles. The average Bonchev–Trinajstić information content (AvgIpc) is 2.39. The molecule has 3 nitrogen and oxygen atoms in total. The number of hydrogen-bond acceptors (Lipinski definition) is 3. The maximum absolute atomic E-state index is 11.8. The predicted molar refractivity (Wildman–Crippen MR) is 59.9 cm³/mol. The Kier molecular flexibility index (Phi) is 2.03. The lowest BCUT2D eigenvalue weighted by atomic mass is 9.91. The minimum Gasteiger partial charge on any atom is -0.322 e. The molecule has 0 unspecified atom stereocenters. The lowest BCUT2D eigenvalue weighted by Crippen LogP contribution is -2.32. The SMILES string of the molecule is CC(C)(N)C1=CS(=O)(=O)c2ccccc21. The number of rotatable bonds is 1. The third kappa shape index (κ3) is 1.60. The van der Waals surface area contributed by atoms with Gasteiger partial charge in [-0.05, 0) is 31.1 Å². The van der Waals surface area contributed by atoms with Gasteiger partial charge in [0.15, 0.2) is 0 Å². The molecule has 2 N–H and O–H groups in total. The van der Waals surface area contributed by atoms with E-state index in [1.807, 2.05) is 6.07 Å². The first kappa shape index (κ1) is 10.4. The fourth-order valence-electron chi connectivity index (χ4n) is 1.72. The molecule has 0 spiro atoms. The molecule has 1 aliphatic rings. The van der Waals surface area contributed by atoms with Crippen LogP contribution in [0.4, 0.5) is 0 Å². The van der Waals surface area contributed by atoms with Crippen LogP contribution in [0, 0.1) is 0 Å². The minimum absolute atomic E-state index is 0.360. The maximum atomic E-state index is 11.8. The molecule has 0 aromatic heterocycles. The monoisotopic (exact) mass is 223 g/mol. The molecule has 0 atom stereocenters. The van der Waals surface area contributed by atoms with Crippen molar-refractivity contribution in [3.8, 4) is 0 Å². The molecule has 80 valence electrons. The molecule has 0 amide bonds. The first-order valence-corrected chi connectivity index (χ1v) is 6.22. The standard InChI is InChI=1S/C11H13NO2S/c1-11(2,12)9-7-15(13,14)10-6-4-3-5-8(9)10/h3-7H,12H2,1-2H3. The van der Waals surface area contributed by atoms with Crippen molar-refractivity contribution >= 4 is 15.4 Å². The van der Waals surface area contributed by atoms with Crippen LogP contribution in [0.15, 0.2) is 34.6 Å². The van der Waals surface area contributed by atoms with Crippen molar-refractivity contribution in [3.63, 3.8) is 0 Å². The summed E-state index contributed by atoms with van der Waals surface area (Å²) in [4.78, 5) is 0.360. The van der Waals surface area contributed by atoms with Crippen LogP contribution in [-0.2, 0) is 9.84 Å². The van der Waals surface area contributed by atoms with Crippen LogP contribution in [-0.4, -0.2) is 14.0 Å². The van der Waals surface area contributed by atoms with E-state index in [-0.39, 0.29) is 0 Å². The largest absolute Gasteiger partial charge is 0.322 e. The topological polar surface area (TPSA) is 60.2 Å². The van der Waals surface area contributed by atoms with Gasteiger partial charge in [0.1, 0.15) is 0 Å². The summed E-state index contributed by atoms with van der Waals surface area (Å²) < 4.78 is 23.6. The summed E-state index contributed by atoms with van der Waals surface area (Å²) in [5.41, 5.74) is 6.71. The zero-order valence-electron chi connectivity index (χ0n) is 8.69. The van der Waals surface area contributed by atoms with Gasteiger partial charge >= 0.3 is 0 Å². The molecule has 0 radical (unpaired) electrons. The summed E-state index contributed by atoms with van der Waals surface area (Å²) in [6.45, 7) is 3.60. The van der Waals surface area contributed by atoms with Crippen molar-refractivity contribution in [1.29, 1.82) is 0 Å². The zero-order chi connectivity index (χ0) is 11.3. The van der Waals surface area contributed by atoms with Crippen LogP contribution in [0.1, 0.15) is 19.4 Å². The van der Waals surface area contributed by atoms with Crippen molar-refractivity contribution in [2.75, 3.05) is 0 Å². The molecule has 2 rings (SSSR count). The molecule has 15 heavy (non-hydrogen) atoms. The van der Waals surface area contributed by atoms with Gasteiger partial charge in [-0.1, -0.05) is 18.2 Å². The van der Waals surface area contributed by atoms with Gasteiger partial charge in [0.05, 0.1) is 4.90 Å². The number of hydrogen-bond donors (Lipinski definition) is 1. The quantitative estimate of drug-likeness (QED) is 0.785. The Bertz CT molecular complexity index is 536. The second kappa shape index (κ2) is 2.93. The van der Waals surface area contributed by atoms with E-state index in [9.17, 15) is 8.42 Å². The van der Waals surface area contributed by atoms with Gasteiger partial charge in [-0.2, -0.15) is 0 Å². The Labute approximate surface area is 89.5 Å². The van der Waals surface area contributed by atoms with E-state index in [0.29, 0.717) is 10.5 Å². The summed E-state index contributed by atoms with van der Waals surface area (Å²) in [6.07, 6.45) is 0. The van der Waals surface area contributed by atoms with Crippen molar-refractivity contribution in [1.82, 2.24) is 0 Å². The smallest absolute Gasteiger partial charge is 0.200 e. The second-order valence-electron chi connectivity index (χ2n) is 4.29. The van der Waals surface area contributed by atoms with E-state index in [4.69, 9.17) is 5.73 Å². The number of nitrogens with two attached hydrogens (primary N) is 1. The molecule has 0 saturated carbocycles. The Morgan fingerprint density at radius 1 is 1.20 bits per heavy atom. The molecule has 1 aromatic carbocycles. The third-order valence-electron chi connectivity index (χ3n) is 2.45. The minimum atomic E-state index is -3.28. The van der Waals surface area contributed by atoms with Crippen LogP contribution in [0.25, 0.3) is 5.57 Å². The zero-order valence-corrected chi connectivity index (χ0v) is 9.51.